The van der Waals surface area contributed by atoms with Crippen molar-refractivity contribution in [3.63, 3.8) is 0 Å². The molecule has 0 aromatic heterocycles. The van der Waals surface area contributed by atoms with E-state index in [4.69, 9.17) is 4.74 Å². The van der Waals surface area contributed by atoms with E-state index in [1.807, 2.05) is 0 Å². The fourth-order valence-electron chi connectivity index (χ4n) is 0.398. The van der Waals surface area contributed by atoms with Crippen molar-refractivity contribution in [3.05, 3.63) is 12.7 Å². The number of carbonyl (C=O) groups is 1. The van der Waals surface area contributed by atoms with Gasteiger partial charge in [-0.3, -0.25) is 0 Å². The molecule has 0 saturated carbocycles. The van der Waals surface area contributed by atoms with Crippen molar-refractivity contribution >= 4 is 43.7 Å². The molecular weight excluding hydrogens is 160 g/mol. The first-order valence-corrected chi connectivity index (χ1v) is 2.73. The average molecular weight is 170 g/mol. The van der Waals surface area contributed by atoms with Crippen LogP contribution in [0.5, 0.6) is 0 Å². The van der Waals surface area contributed by atoms with E-state index in [9.17, 15) is 4.79 Å². The second kappa shape index (κ2) is 5.13. The van der Waals surface area contributed by atoms with Gasteiger partial charge >= 0.3 is 43.7 Å². The van der Waals surface area contributed by atoms with Crippen LogP contribution in [0.2, 0.25) is 0 Å². The minimum atomic E-state index is -0.384. The van der Waals surface area contributed by atoms with E-state index in [0.29, 0.717) is 13.2 Å². The van der Waals surface area contributed by atoms with E-state index >= 15 is 0 Å². The molecule has 10 heavy (non-hydrogen) atoms. The van der Waals surface area contributed by atoms with Gasteiger partial charge in [0.25, 0.3) is 0 Å². The molecule has 0 amide bonds. The summed E-state index contributed by atoms with van der Waals surface area (Å²) in [7, 11) is 0. The standard InChI is InChI=1S/C6H8O3.Ca.2H/c1-2-6(7)9-4-5-3-8-5;;;/h2,5H,1,3-4H2;;;/q;+2;2*-1. The van der Waals surface area contributed by atoms with Gasteiger partial charge in [0.05, 0.1) is 6.61 Å². The van der Waals surface area contributed by atoms with Crippen molar-refractivity contribution < 1.29 is 17.1 Å². The zero-order valence-corrected chi connectivity index (χ0v) is 7.92. The Bertz CT molecular complexity index is 139. The topological polar surface area (TPSA) is 38.8 Å². The smallest absolute Gasteiger partial charge is 1.00 e. The molecule has 0 aliphatic carbocycles. The Hall–Kier alpha value is 0.430. The zero-order valence-electron chi connectivity index (χ0n) is 7.71. The third-order valence-corrected chi connectivity index (χ3v) is 0.981. The third-order valence-electron chi connectivity index (χ3n) is 0.981. The Morgan fingerprint density at radius 3 is 3.00 bits per heavy atom. The van der Waals surface area contributed by atoms with Crippen LogP contribution in [-0.2, 0) is 14.3 Å². The van der Waals surface area contributed by atoms with E-state index < -0.39 is 0 Å². The predicted molar refractivity (Wildman–Crippen MR) is 38.9 cm³/mol. The van der Waals surface area contributed by atoms with Crippen LogP contribution >= 0.6 is 0 Å². The molecule has 1 rings (SSSR count). The molecule has 0 bridgehead atoms. The molecule has 3 nitrogen and oxygen atoms in total. The fraction of sp³-hybridized carbons (Fsp3) is 0.500. The summed E-state index contributed by atoms with van der Waals surface area (Å²) in [5.41, 5.74) is 0. The first kappa shape index (κ1) is 10.4. The Labute approximate surface area is 92.3 Å². The van der Waals surface area contributed by atoms with E-state index in [0.717, 1.165) is 6.08 Å². The van der Waals surface area contributed by atoms with Gasteiger partial charge in [0, 0.05) is 6.08 Å². The maximum Gasteiger partial charge on any atom is 2.00 e. The summed E-state index contributed by atoms with van der Waals surface area (Å²) in [4.78, 5) is 10.3. The van der Waals surface area contributed by atoms with Crippen LogP contribution in [0, 0.1) is 0 Å². The maximum absolute atomic E-state index is 10.3. The summed E-state index contributed by atoms with van der Waals surface area (Å²) in [6.45, 7) is 4.32. The van der Waals surface area contributed by atoms with E-state index in [1.165, 1.54) is 0 Å². The van der Waals surface area contributed by atoms with Crippen LogP contribution in [0.15, 0.2) is 12.7 Å². The van der Waals surface area contributed by atoms with Crippen LogP contribution in [-0.4, -0.2) is 63.0 Å². The molecule has 1 saturated heterocycles. The first-order valence-electron chi connectivity index (χ1n) is 2.73. The monoisotopic (exact) mass is 170 g/mol. The molecule has 1 unspecified atom stereocenters. The number of hydrogen-bond acceptors (Lipinski definition) is 3. The van der Waals surface area contributed by atoms with Gasteiger partial charge in [-0.2, -0.15) is 0 Å². The fourth-order valence-corrected chi connectivity index (χ4v) is 0.398. The molecule has 1 atom stereocenters. The van der Waals surface area contributed by atoms with E-state index in [1.54, 1.807) is 0 Å². The Kier molecular flexibility index (Phi) is 5.35. The van der Waals surface area contributed by atoms with Gasteiger partial charge in [0.1, 0.15) is 12.7 Å². The summed E-state index contributed by atoms with van der Waals surface area (Å²) in [5, 5.41) is 0. The predicted octanol–water partition coefficient (Wildman–Crippen LogP) is -0.0414. The molecule has 0 aromatic carbocycles. The molecule has 0 aromatic rings. The Morgan fingerprint density at radius 1 is 2.00 bits per heavy atom. The van der Waals surface area contributed by atoms with Crippen LogP contribution in [0.3, 0.4) is 0 Å². The quantitative estimate of drug-likeness (QED) is 0.258. The van der Waals surface area contributed by atoms with Gasteiger partial charge in [-0.15, -0.1) is 0 Å². The molecule has 4 heteroatoms. The summed E-state index contributed by atoms with van der Waals surface area (Å²) in [6, 6.07) is 0. The molecule has 0 radical (unpaired) electrons. The van der Waals surface area contributed by atoms with Crippen LogP contribution in [0.4, 0.5) is 0 Å². The number of ether oxygens (including phenoxy) is 2. The molecule has 0 N–H and O–H groups in total. The second-order valence-electron chi connectivity index (χ2n) is 1.79. The molecule has 1 fully saturated rings. The van der Waals surface area contributed by atoms with Gasteiger partial charge in [-0.1, -0.05) is 6.58 Å². The summed E-state index contributed by atoms with van der Waals surface area (Å²) in [6.07, 6.45) is 1.29. The second-order valence-corrected chi connectivity index (χ2v) is 1.79. The van der Waals surface area contributed by atoms with E-state index in [2.05, 4.69) is 11.3 Å². The zero-order chi connectivity index (χ0) is 6.69. The number of esters is 1. The van der Waals surface area contributed by atoms with Crippen molar-refractivity contribution in [2.75, 3.05) is 13.2 Å². The van der Waals surface area contributed by atoms with Gasteiger partial charge < -0.3 is 12.3 Å². The van der Waals surface area contributed by atoms with Crippen molar-refractivity contribution in [1.82, 2.24) is 0 Å². The van der Waals surface area contributed by atoms with Crippen LogP contribution in [0.25, 0.3) is 0 Å². The van der Waals surface area contributed by atoms with E-state index in [-0.39, 0.29) is 52.7 Å². The number of rotatable bonds is 3. The molecule has 0 spiro atoms. The van der Waals surface area contributed by atoms with Gasteiger partial charge in [-0.25, -0.2) is 4.79 Å². The molecule has 1 aliphatic rings. The van der Waals surface area contributed by atoms with Crippen LogP contribution < -0.4 is 0 Å². The minimum Gasteiger partial charge on any atom is -1.00 e. The number of carbonyl (C=O) groups excluding carboxylic acids is 1. The van der Waals surface area contributed by atoms with Crippen molar-refractivity contribution in [2.24, 2.45) is 0 Å². The normalized spacial score (nSPS) is 20.6. The number of epoxide rings is 1. The largest absolute Gasteiger partial charge is 2.00 e. The first-order chi connectivity index (χ1) is 4.33. The molecule has 54 valence electrons. The SMILES string of the molecule is C=CC(=O)OCC1CO1.[Ca+2].[H-].[H-]. The van der Waals surface area contributed by atoms with Crippen molar-refractivity contribution in [3.8, 4) is 0 Å². The summed E-state index contributed by atoms with van der Waals surface area (Å²) < 4.78 is 9.42. The van der Waals surface area contributed by atoms with Crippen molar-refractivity contribution in [2.45, 2.75) is 6.10 Å². The minimum absolute atomic E-state index is 0. The summed E-state index contributed by atoms with van der Waals surface area (Å²) in [5.74, 6) is -0.384. The Morgan fingerprint density at radius 2 is 2.60 bits per heavy atom. The molecule has 1 aliphatic heterocycles. The maximum atomic E-state index is 10.3. The molecule has 1 heterocycles. The Balaban J connectivity index is -0.000000270. The van der Waals surface area contributed by atoms with Gasteiger partial charge in [-0.05, 0) is 0 Å². The number of hydrogen-bond donors (Lipinski definition) is 0. The van der Waals surface area contributed by atoms with Crippen molar-refractivity contribution in [1.29, 1.82) is 0 Å². The third kappa shape index (κ3) is 4.28. The van der Waals surface area contributed by atoms with Gasteiger partial charge in [0.2, 0.25) is 0 Å². The average Bonchev–Trinajstić information content (AvgIpc) is 2.65. The summed E-state index contributed by atoms with van der Waals surface area (Å²) >= 11 is 0. The van der Waals surface area contributed by atoms with Crippen LogP contribution in [0.1, 0.15) is 2.85 Å². The molecular formula is C6H10CaO3. The van der Waals surface area contributed by atoms with Gasteiger partial charge in [0.15, 0.2) is 0 Å².